The molecule has 0 saturated heterocycles. The van der Waals surface area contributed by atoms with Crippen LogP contribution in [0.1, 0.15) is 13.8 Å². The molecule has 20 heavy (non-hydrogen) atoms. The Kier molecular flexibility index (Phi) is 5.06. The highest BCUT2D eigenvalue weighted by Gasteiger charge is 2.25. The summed E-state index contributed by atoms with van der Waals surface area (Å²) >= 11 is 0. The molecule has 1 aromatic carbocycles. The molecule has 0 spiro atoms. The highest BCUT2D eigenvalue weighted by molar-refractivity contribution is 7.52. The number of aromatic nitrogens is 3. The van der Waals surface area contributed by atoms with Gasteiger partial charge in [-0.1, -0.05) is 35.5 Å². The second-order valence-electron chi connectivity index (χ2n) is 4.10. The van der Waals surface area contributed by atoms with Gasteiger partial charge in [0.2, 0.25) is 0 Å². The van der Waals surface area contributed by atoms with E-state index < -0.39 is 7.60 Å². The smallest absolute Gasteiger partial charge is 0.308 e. The van der Waals surface area contributed by atoms with Crippen LogP contribution >= 0.6 is 7.60 Å². The van der Waals surface area contributed by atoms with Gasteiger partial charge in [0.05, 0.1) is 19.4 Å². The summed E-state index contributed by atoms with van der Waals surface area (Å²) in [5.41, 5.74) is 1.69. The molecule has 1 aromatic heterocycles. The molecule has 7 heteroatoms. The van der Waals surface area contributed by atoms with Gasteiger partial charge in [-0.3, -0.25) is 4.57 Å². The van der Waals surface area contributed by atoms with Crippen molar-refractivity contribution >= 4 is 7.60 Å². The van der Waals surface area contributed by atoms with E-state index in [1.165, 1.54) is 4.68 Å². The van der Waals surface area contributed by atoms with Crippen molar-refractivity contribution in [2.45, 2.75) is 20.1 Å². The Morgan fingerprint density at radius 1 is 1.15 bits per heavy atom. The van der Waals surface area contributed by atoms with Crippen molar-refractivity contribution in [2.75, 3.05) is 13.2 Å². The molecule has 0 unspecified atom stereocenters. The number of rotatable bonds is 7. The van der Waals surface area contributed by atoms with Gasteiger partial charge in [0.25, 0.3) is 0 Å². The number of hydrogen-bond acceptors (Lipinski definition) is 5. The van der Waals surface area contributed by atoms with Gasteiger partial charge >= 0.3 is 7.60 Å². The summed E-state index contributed by atoms with van der Waals surface area (Å²) in [4.78, 5) is 0. The fourth-order valence-corrected chi connectivity index (χ4v) is 3.32. The lowest BCUT2D eigenvalue weighted by molar-refractivity contribution is 0.213. The third-order valence-corrected chi connectivity index (χ3v) is 4.52. The number of nitrogens with zero attached hydrogens (tertiary/aromatic N) is 3. The maximum absolute atomic E-state index is 12.4. The summed E-state index contributed by atoms with van der Waals surface area (Å²) in [6.07, 6.45) is 1.80. The lowest BCUT2D eigenvalue weighted by Crippen LogP contribution is -2.05. The van der Waals surface area contributed by atoms with Crippen molar-refractivity contribution in [3.8, 4) is 11.3 Å². The van der Waals surface area contributed by atoms with Gasteiger partial charge in [0, 0.05) is 5.56 Å². The predicted octanol–water partition coefficient (Wildman–Crippen LogP) is 3.17. The average Bonchev–Trinajstić information content (AvgIpc) is 2.88. The van der Waals surface area contributed by atoms with Gasteiger partial charge in [-0.25, -0.2) is 4.68 Å². The largest absolute Gasteiger partial charge is 0.351 e. The Balaban J connectivity index is 2.15. The lowest BCUT2D eigenvalue weighted by Gasteiger charge is -2.16. The molecule has 0 aliphatic carbocycles. The zero-order valence-electron chi connectivity index (χ0n) is 11.6. The molecule has 1 heterocycles. The summed E-state index contributed by atoms with van der Waals surface area (Å²) in [6.45, 7) is 4.22. The zero-order chi connectivity index (χ0) is 14.4. The van der Waals surface area contributed by atoms with Crippen molar-refractivity contribution in [3.63, 3.8) is 0 Å². The van der Waals surface area contributed by atoms with Crippen LogP contribution in [0.3, 0.4) is 0 Å². The van der Waals surface area contributed by atoms with E-state index in [0.717, 1.165) is 11.3 Å². The first-order valence-corrected chi connectivity index (χ1v) is 8.23. The van der Waals surface area contributed by atoms with Crippen LogP contribution in [0.25, 0.3) is 11.3 Å². The van der Waals surface area contributed by atoms with E-state index >= 15 is 0 Å². The summed E-state index contributed by atoms with van der Waals surface area (Å²) in [7, 11) is -3.16. The van der Waals surface area contributed by atoms with Crippen LogP contribution in [0, 0.1) is 0 Å². The van der Waals surface area contributed by atoms with Crippen LogP contribution < -0.4 is 0 Å². The van der Waals surface area contributed by atoms with E-state index in [0.29, 0.717) is 13.2 Å². The molecule has 0 fully saturated rings. The van der Waals surface area contributed by atoms with Crippen LogP contribution in [0.15, 0.2) is 36.5 Å². The Morgan fingerprint density at radius 3 is 2.40 bits per heavy atom. The highest BCUT2D eigenvalue weighted by Crippen LogP contribution is 2.49. The molecule has 0 radical (unpaired) electrons. The molecular weight excluding hydrogens is 277 g/mol. The Hall–Kier alpha value is -1.49. The van der Waals surface area contributed by atoms with Crippen molar-refractivity contribution in [1.29, 1.82) is 0 Å². The molecule has 2 aromatic rings. The molecule has 0 atom stereocenters. The molecule has 0 N–H and O–H groups in total. The molecule has 0 bridgehead atoms. The van der Waals surface area contributed by atoms with Gasteiger partial charge in [0.1, 0.15) is 12.0 Å². The molecule has 0 aliphatic heterocycles. The van der Waals surface area contributed by atoms with Gasteiger partial charge in [-0.15, -0.1) is 5.10 Å². The number of benzene rings is 1. The first-order valence-electron chi connectivity index (χ1n) is 6.50. The maximum Gasteiger partial charge on any atom is 0.351 e. The Bertz CT molecular complexity index is 576. The van der Waals surface area contributed by atoms with Gasteiger partial charge in [-0.2, -0.15) is 0 Å². The van der Waals surface area contributed by atoms with E-state index in [-0.39, 0.29) is 6.29 Å². The van der Waals surface area contributed by atoms with Crippen molar-refractivity contribution in [2.24, 2.45) is 0 Å². The molecule has 2 rings (SSSR count). The first kappa shape index (κ1) is 14.9. The summed E-state index contributed by atoms with van der Waals surface area (Å²) in [6, 6.07) is 9.68. The van der Waals surface area contributed by atoms with E-state index in [4.69, 9.17) is 9.05 Å². The van der Waals surface area contributed by atoms with Crippen LogP contribution in [0.4, 0.5) is 0 Å². The van der Waals surface area contributed by atoms with Crippen LogP contribution in [0.2, 0.25) is 0 Å². The van der Waals surface area contributed by atoms with E-state index in [1.807, 2.05) is 30.3 Å². The van der Waals surface area contributed by atoms with Crippen molar-refractivity contribution in [3.05, 3.63) is 36.5 Å². The summed E-state index contributed by atoms with van der Waals surface area (Å²) in [5.74, 6) is 0. The minimum Gasteiger partial charge on any atom is -0.308 e. The third kappa shape index (κ3) is 3.76. The Morgan fingerprint density at radius 2 is 1.80 bits per heavy atom. The topological polar surface area (TPSA) is 66.2 Å². The first-order chi connectivity index (χ1) is 9.67. The summed E-state index contributed by atoms with van der Waals surface area (Å²) < 4.78 is 24.4. The SMILES string of the molecule is CCOP(=O)(Cn1cc(-c2ccccc2)nn1)OCC. The normalized spacial score (nSPS) is 11.7. The minimum absolute atomic E-state index is 0.0640. The number of hydrogen-bond donors (Lipinski definition) is 0. The van der Waals surface area contributed by atoms with Crippen molar-refractivity contribution < 1.29 is 13.6 Å². The molecule has 0 aliphatic rings. The maximum atomic E-state index is 12.4. The van der Waals surface area contributed by atoms with E-state index in [2.05, 4.69) is 10.3 Å². The standard InChI is InChI=1S/C13H18N3O3P/c1-3-18-20(17,19-4-2)11-16-10-13(14-15-16)12-8-6-5-7-9-12/h5-10H,3-4,11H2,1-2H3. The van der Waals surface area contributed by atoms with E-state index in [9.17, 15) is 4.57 Å². The van der Waals surface area contributed by atoms with Gasteiger partial charge in [-0.05, 0) is 13.8 Å². The van der Waals surface area contributed by atoms with E-state index in [1.54, 1.807) is 20.0 Å². The second kappa shape index (κ2) is 6.79. The third-order valence-electron chi connectivity index (χ3n) is 2.58. The molecule has 6 nitrogen and oxygen atoms in total. The van der Waals surface area contributed by atoms with Crippen LogP contribution in [0.5, 0.6) is 0 Å². The molecule has 0 saturated carbocycles. The quantitative estimate of drug-likeness (QED) is 0.734. The molecular formula is C13H18N3O3P. The Labute approximate surface area is 118 Å². The van der Waals surface area contributed by atoms with Gasteiger partial charge < -0.3 is 9.05 Å². The van der Waals surface area contributed by atoms with Crippen molar-refractivity contribution in [1.82, 2.24) is 15.0 Å². The fourth-order valence-electron chi connectivity index (χ4n) is 1.80. The lowest BCUT2D eigenvalue weighted by atomic mass is 10.2. The predicted molar refractivity (Wildman–Crippen MR) is 76.3 cm³/mol. The summed E-state index contributed by atoms with van der Waals surface area (Å²) in [5, 5.41) is 8.05. The molecule has 108 valence electrons. The fraction of sp³-hybridized carbons (Fsp3) is 0.385. The monoisotopic (exact) mass is 295 g/mol. The van der Waals surface area contributed by atoms with Crippen LogP contribution in [-0.2, 0) is 19.9 Å². The average molecular weight is 295 g/mol. The van der Waals surface area contributed by atoms with Crippen LogP contribution in [-0.4, -0.2) is 28.2 Å². The minimum atomic E-state index is -3.16. The molecule has 0 amide bonds. The highest BCUT2D eigenvalue weighted by atomic mass is 31.2. The zero-order valence-corrected chi connectivity index (χ0v) is 12.5. The van der Waals surface area contributed by atoms with Gasteiger partial charge in [0.15, 0.2) is 0 Å². The second-order valence-corrected chi connectivity index (χ2v) is 6.12.